The Morgan fingerprint density at radius 1 is 1.04 bits per heavy atom. The molecule has 1 saturated carbocycles. The van der Waals surface area contributed by atoms with Gasteiger partial charge in [0.15, 0.2) is 11.9 Å². The number of nitrogens with zero attached hydrogens (tertiary/aromatic N) is 2. The van der Waals surface area contributed by atoms with Crippen LogP contribution in [0.1, 0.15) is 89.8 Å². The van der Waals surface area contributed by atoms with Crippen LogP contribution >= 0.6 is 0 Å². The van der Waals surface area contributed by atoms with Crippen molar-refractivity contribution in [2.24, 2.45) is 11.3 Å². The molecule has 3 heterocycles. The molecule has 1 saturated heterocycles. The van der Waals surface area contributed by atoms with E-state index in [-0.39, 0.29) is 36.1 Å². The van der Waals surface area contributed by atoms with Gasteiger partial charge in [0, 0.05) is 37.1 Å². The molecule has 2 amide bonds. The standard InChI is InChI=1S/C35H46N4O6/c1-21(2)31-32(41)36-23(4)33(42)39-18-6-7-28(38-39)30(40)19-22(3)27-11-10-25-9-8-24(20-29(25)37-27)12-15-35(34(43)45-31)16-13-26(44-5)14-17-35/h8-12,15,20-23,26,28,31,38H,6-7,13-14,16-19H2,1-5H3,(H,36,41)/b15-12+/t22-,23-,26-,28-,31?,35-/m0/s1. The smallest absolute Gasteiger partial charge is 0.316 e. The van der Waals surface area contributed by atoms with E-state index in [0.29, 0.717) is 45.1 Å². The van der Waals surface area contributed by atoms with E-state index in [4.69, 9.17) is 14.5 Å². The number of aromatic nitrogens is 1. The summed E-state index contributed by atoms with van der Waals surface area (Å²) in [5.74, 6) is -1.76. The molecule has 45 heavy (non-hydrogen) atoms. The molecule has 1 spiro atoms. The summed E-state index contributed by atoms with van der Waals surface area (Å²) in [5.41, 5.74) is 4.68. The third-order valence-corrected chi connectivity index (χ3v) is 9.58. The number of carbonyl (C=O) groups excluding carboxylic acids is 4. The fourth-order valence-electron chi connectivity index (χ4n) is 6.61. The predicted molar refractivity (Wildman–Crippen MR) is 171 cm³/mol. The first kappa shape index (κ1) is 32.8. The fourth-order valence-corrected chi connectivity index (χ4v) is 6.61. The van der Waals surface area contributed by atoms with Gasteiger partial charge in [-0.2, -0.15) is 0 Å². The molecule has 4 atom stereocenters. The highest BCUT2D eigenvalue weighted by Crippen LogP contribution is 2.41. The zero-order valence-electron chi connectivity index (χ0n) is 27.0. The van der Waals surface area contributed by atoms with Gasteiger partial charge in [0.1, 0.15) is 6.04 Å². The number of methoxy groups -OCH3 is 1. The Bertz CT molecular complexity index is 1460. The summed E-state index contributed by atoms with van der Waals surface area (Å²) in [6.07, 6.45) is 6.79. The molecule has 10 nitrogen and oxygen atoms in total. The van der Waals surface area contributed by atoms with Gasteiger partial charge in [0.25, 0.3) is 11.8 Å². The molecule has 10 heteroatoms. The quantitative estimate of drug-likeness (QED) is 0.473. The minimum absolute atomic E-state index is 0.0152. The van der Waals surface area contributed by atoms with E-state index in [1.54, 1.807) is 14.0 Å². The Morgan fingerprint density at radius 2 is 1.78 bits per heavy atom. The third-order valence-electron chi connectivity index (χ3n) is 9.58. The predicted octanol–water partition coefficient (Wildman–Crippen LogP) is 4.47. The number of carbonyl (C=O) groups is 4. The number of nitrogens with one attached hydrogen (secondary N) is 2. The molecule has 1 aromatic heterocycles. The van der Waals surface area contributed by atoms with Crippen LogP contribution in [0.15, 0.2) is 36.4 Å². The molecule has 2 aliphatic heterocycles. The average molecular weight is 619 g/mol. The van der Waals surface area contributed by atoms with E-state index in [1.165, 1.54) is 5.01 Å². The zero-order valence-corrected chi connectivity index (χ0v) is 27.0. The van der Waals surface area contributed by atoms with Crippen LogP contribution in [0.25, 0.3) is 17.0 Å². The number of hydrogen-bond acceptors (Lipinski definition) is 8. The van der Waals surface area contributed by atoms with E-state index in [9.17, 15) is 19.2 Å². The molecule has 1 unspecified atom stereocenters. The van der Waals surface area contributed by atoms with Gasteiger partial charge in [-0.15, -0.1) is 0 Å². The molecule has 0 radical (unpaired) electrons. The summed E-state index contributed by atoms with van der Waals surface area (Å²) in [6.45, 7) is 7.65. The van der Waals surface area contributed by atoms with Gasteiger partial charge in [-0.1, -0.05) is 51.1 Å². The number of fused-ring (bicyclic) bond motifs is 4. The molecule has 1 aromatic carbocycles. The molecule has 3 aliphatic rings. The van der Waals surface area contributed by atoms with Crippen molar-refractivity contribution < 1.29 is 28.7 Å². The monoisotopic (exact) mass is 618 g/mol. The van der Waals surface area contributed by atoms with Crippen LogP contribution in [0.3, 0.4) is 0 Å². The second kappa shape index (κ2) is 13.8. The first-order valence-corrected chi connectivity index (χ1v) is 16.2. The van der Waals surface area contributed by atoms with Gasteiger partial charge >= 0.3 is 5.97 Å². The summed E-state index contributed by atoms with van der Waals surface area (Å²) in [6, 6.07) is 8.57. The van der Waals surface area contributed by atoms with Gasteiger partial charge in [-0.05, 0) is 69.1 Å². The van der Waals surface area contributed by atoms with Crippen LogP contribution in [-0.4, -0.2) is 71.5 Å². The number of esters is 1. The SMILES string of the molecule is CO[C@H]1CC[C@@]2(/C=C/c3ccc4ccc(nc4c3)[C@@H](C)CC(=O)[C@@H]3CCCN(N3)C(=O)[C@H](C)NC(=O)C(C(C)C)OC2=O)CC1. The van der Waals surface area contributed by atoms with E-state index >= 15 is 0 Å². The normalized spacial score (nSPS) is 31.2. The van der Waals surface area contributed by atoms with Crippen molar-refractivity contribution in [1.29, 1.82) is 0 Å². The summed E-state index contributed by atoms with van der Waals surface area (Å²) in [4.78, 5) is 59.2. The van der Waals surface area contributed by atoms with Crippen molar-refractivity contribution >= 4 is 40.5 Å². The number of ether oxygens (including phenoxy) is 2. The number of rotatable bonds is 2. The summed E-state index contributed by atoms with van der Waals surface area (Å²) >= 11 is 0. The highest BCUT2D eigenvalue weighted by atomic mass is 16.6. The van der Waals surface area contributed by atoms with Crippen molar-refractivity contribution in [1.82, 2.24) is 20.7 Å². The fraction of sp³-hybridized carbons (Fsp3) is 0.571. The Hall–Kier alpha value is -3.63. The van der Waals surface area contributed by atoms with Crippen LogP contribution in [0.5, 0.6) is 0 Å². The van der Waals surface area contributed by atoms with Crippen LogP contribution < -0.4 is 10.7 Å². The molecule has 1 aliphatic carbocycles. The summed E-state index contributed by atoms with van der Waals surface area (Å²) in [7, 11) is 1.68. The van der Waals surface area contributed by atoms with Crippen LogP contribution in [0.2, 0.25) is 0 Å². The number of hydrogen-bond donors (Lipinski definition) is 2. The maximum atomic E-state index is 14.0. The first-order valence-electron chi connectivity index (χ1n) is 16.2. The molecule has 2 aromatic rings. The molecule has 2 N–H and O–H groups in total. The van der Waals surface area contributed by atoms with Gasteiger partial charge in [-0.25, -0.2) is 5.43 Å². The highest BCUT2D eigenvalue weighted by Gasteiger charge is 2.44. The Morgan fingerprint density at radius 3 is 2.49 bits per heavy atom. The van der Waals surface area contributed by atoms with Crippen LogP contribution in [0.4, 0.5) is 0 Å². The highest BCUT2D eigenvalue weighted by molar-refractivity contribution is 5.92. The molecule has 5 rings (SSSR count). The number of cyclic esters (lactones) is 1. The molecular weight excluding hydrogens is 572 g/mol. The summed E-state index contributed by atoms with van der Waals surface area (Å²) < 4.78 is 11.6. The van der Waals surface area contributed by atoms with Gasteiger partial charge in [0.2, 0.25) is 0 Å². The topological polar surface area (TPSA) is 127 Å². The lowest BCUT2D eigenvalue weighted by Crippen LogP contribution is -2.60. The lowest BCUT2D eigenvalue weighted by atomic mass is 9.72. The van der Waals surface area contributed by atoms with Gasteiger partial charge in [0.05, 0.1) is 23.1 Å². The molecule has 5 bridgehead atoms. The van der Waals surface area contributed by atoms with Crippen molar-refractivity contribution in [3.63, 3.8) is 0 Å². The number of Topliss-reactive ketones (excluding diaryl/α,β-unsaturated/α-hetero) is 1. The average Bonchev–Trinajstić information content (AvgIpc) is 3.04. The lowest BCUT2D eigenvalue weighted by molar-refractivity contribution is -0.169. The summed E-state index contributed by atoms with van der Waals surface area (Å²) in [5, 5.41) is 5.18. The van der Waals surface area contributed by atoms with Crippen LogP contribution in [-0.2, 0) is 28.7 Å². The van der Waals surface area contributed by atoms with Gasteiger partial charge in [-0.3, -0.25) is 29.2 Å². The number of hydrazine groups is 1. The van der Waals surface area contributed by atoms with E-state index in [2.05, 4.69) is 10.7 Å². The van der Waals surface area contributed by atoms with Crippen LogP contribution in [0, 0.1) is 11.3 Å². The second-order valence-electron chi connectivity index (χ2n) is 13.3. The largest absolute Gasteiger partial charge is 0.451 e. The van der Waals surface area contributed by atoms with Gasteiger partial charge < -0.3 is 14.8 Å². The zero-order chi connectivity index (χ0) is 32.3. The molecule has 2 fully saturated rings. The number of pyridine rings is 1. The third kappa shape index (κ3) is 7.28. The van der Waals surface area contributed by atoms with E-state index < -0.39 is 35.5 Å². The number of ketones is 1. The van der Waals surface area contributed by atoms with Crippen molar-refractivity contribution in [3.05, 3.63) is 47.7 Å². The van der Waals surface area contributed by atoms with Crippen molar-refractivity contribution in [2.75, 3.05) is 13.7 Å². The van der Waals surface area contributed by atoms with E-state index in [1.807, 2.05) is 63.3 Å². The Balaban J connectivity index is 1.53. The number of amides is 2. The lowest BCUT2D eigenvalue weighted by Gasteiger charge is -2.37. The number of benzene rings is 1. The first-order chi connectivity index (χ1) is 21.5. The van der Waals surface area contributed by atoms with E-state index in [0.717, 1.165) is 22.2 Å². The second-order valence-corrected chi connectivity index (χ2v) is 13.3. The maximum Gasteiger partial charge on any atom is 0.316 e. The minimum atomic E-state index is -1.08. The van der Waals surface area contributed by atoms with Crippen molar-refractivity contribution in [2.45, 2.75) is 103 Å². The molecular formula is C35H46N4O6. The maximum absolute atomic E-state index is 14.0. The Labute approximate surface area is 265 Å². The Kier molecular flexibility index (Phi) is 10.0. The van der Waals surface area contributed by atoms with Crippen molar-refractivity contribution in [3.8, 4) is 0 Å². The molecule has 242 valence electrons. The minimum Gasteiger partial charge on any atom is -0.451 e.